The molecule has 0 N–H and O–H groups in total. The van der Waals surface area contributed by atoms with Crippen LogP contribution in [0.15, 0.2) is 121 Å². The zero-order valence-corrected chi connectivity index (χ0v) is 26.5. The molecule has 0 heteroatoms. The summed E-state index contributed by atoms with van der Waals surface area (Å²) in [6.07, 6.45) is 0. The van der Waals surface area contributed by atoms with Crippen molar-refractivity contribution in [1.82, 2.24) is 0 Å². The fraction of sp³-hybridized carbons (Fsp3) is 0.250. The zero-order valence-electron chi connectivity index (χ0n) is 26.5. The van der Waals surface area contributed by atoms with E-state index >= 15 is 0 Å². The van der Waals surface area contributed by atoms with Gasteiger partial charge in [-0.15, -0.1) is 0 Å². The van der Waals surface area contributed by atoms with Gasteiger partial charge in [0.05, 0.1) is 0 Å². The lowest BCUT2D eigenvalue weighted by atomic mass is 10.2. The second-order valence-electron chi connectivity index (χ2n) is 10.8. The van der Waals surface area contributed by atoms with Crippen LogP contribution in [0.25, 0.3) is 0 Å². The Kier molecular flexibility index (Phi) is 16.4. The molecule has 0 spiro atoms. The van der Waals surface area contributed by atoms with Crippen molar-refractivity contribution in [2.45, 2.75) is 69.2 Å². The number of hydrogen-bond acceptors (Lipinski definition) is 0. The third kappa shape index (κ3) is 17.6. The first-order valence-electron chi connectivity index (χ1n) is 14.1. The molecular formula is C40H50. The predicted octanol–water partition coefficient (Wildman–Crippen LogP) is 11.5. The van der Waals surface area contributed by atoms with Crippen molar-refractivity contribution >= 4 is 0 Å². The van der Waals surface area contributed by atoms with Crippen molar-refractivity contribution in [1.29, 1.82) is 0 Å². The molecule has 0 amide bonds. The van der Waals surface area contributed by atoms with Gasteiger partial charge in [-0.3, -0.25) is 0 Å². The highest BCUT2D eigenvalue weighted by molar-refractivity contribution is 5.23. The van der Waals surface area contributed by atoms with E-state index in [1.807, 2.05) is 0 Å². The molecule has 0 aliphatic heterocycles. The minimum absolute atomic E-state index is 1.34. The fourth-order valence-electron chi connectivity index (χ4n) is 4.04. The van der Waals surface area contributed by atoms with Crippen LogP contribution in [0.5, 0.6) is 0 Å². The summed E-state index contributed by atoms with van der Waals surface area (Å²) in [5.41, 5.74) is 13.4. The molecule has 0 aliphatic rings. The lowest BCUT2D eigenvalue weighted by molar-refractivity contribution is 1.39. The van der Waals surface area contributed by atoms with Gasteiger partial charge in [0.25, 0.3) is 0 Å². The maximum absolute atomic E-state index is 2.17. The van der Waals surface area contributed by atoms with Crippen LogP contribution < -0.4 is 0 Å². The lowest BCUT2D eigenvalue weighted by Gasteiger charge is -1.90. The molecule has 0 saturated carbocycles. The predicted molar refractivity (Wildman–Crippen MR) is 180 cm³/mol. The van der Waals surface area contributed by atoms with E-state index in [9.17, 15) is 0 Å². The molecule has 0 saturated heterocycles. The van der Waals surface area contributed by atoms with Crippen LogP contribution in [0, 0.1) is 69.2 Å². The number of aryl methyl sites for hydroxylation is 10. The summed E-state index contributed by atoms with van der Waals surface area (Å²) < 4.78 is 0. The molecule has 0 radical (unpaired) electrons. The Hall–Kier alpha value is -3.90. The Morgan fingerprint density at radius 3 is 0.350 bits per heavy atom. The molecule has 5 aromatic rings. The third-order valence-corrected chi connectivity index (χ3v) is 5.87. The van der Waals surface area contributed by atoms with Crippen molar-refractivity contribution in [3.05, 3.63) is 177 Å². The average Bonchev–Trinajstić information content (AvgIpc) is 2.85. The van der Waals surface area contributed by atoms with E-state index in [0.717, 1.165) is 0 Å². The van der Waals surface area contributed by atoms with Crippen LogP contribution in [-0.2, 0) is 0 Å². The quantitative estimate of drug-likeness (QED) is 0.187. The molecule has 0 heterocycles. The Balaban J connectivity index is 0.000000250. The van der Waals surface area contributed by atoms with Gasteiger partial charge in [0, 0.05) is 0 Å². The van der Waals surface area contributed by atoms with Gasteiger partial charge >= 0.3 is 0 Å². The Morgan fingerprint density at radius 2 is 0.300 bits per heavy atom. The maximum Gasteiger partial charge on any atom is -0.0398 e. The van der Waals surface area contributed by atoms with Gasteiger partial charge in [0.15, 0.2) is 0 Å². The van der Waals surface area contributed by atoms with E-state index in [1.165, 1.54) is 55.6 Å². The zero-order chi connectivity index (χ0) is 29.9. The van der Waals surface area contributed by atoms with Gasteiger partial charge < -0.3 is 0 Å². The van der Waals surface area contributed by atoms with E-state index < -0.39 is 0 Å². The lowest BCUT2D eigenvalue weighted by Crippen LogP contribution is -1.71. The highest BCUT2D eigenvalue weighted by Gasteiger charge is 1.83. The first kappa shape index (κ1) is 34.1. The molecular weight excluding hydrogens is 480 g/mol. The minimum Gasteiger partial charge on any atom is -0.0617 e. The van der Waals surface area contributed by atoms with Crippen LogP contribution >= 0.6 is 0 Å². The standard InChI is InChI=1S/5C8H10/c5*1-7-4-3-5-8(2)6-7/h5*3-6H,1-2H3. The highest BCUT2D eigenvalue weighted by Crippen LogP contribution is 2.03. The smallest absolute Gasteiger partial charge is 0.0398 e. The first-order chi connectivity index (χ1) is 18.9. The molecule has 210 valence electrons. The Morgan fingerprint density at radius 1 is 0.200 bits per heavy atom. The van der Waals surface area contributed by atoms with Gasteiger partial charge in [0.1, 0.15) is 0 Å². The minimum atomic E-state index is 1.34. The molecule has 0 nitrogen and oxygen atoms in total. The van der Waals surface area contributed by atoms with Crippen molar-refractivity contribution < 1.29 is 0 Å². The number of benzene rings is 5. The van der Waals surface area contributed by atoms with Crippen molar-refractivity contribution in [3.8, 4) is 0 Å². The summed E-state index contributed by atoms with van der Waals surface area (Å²) in [5.74, 6) is 0. The summed E-state index contributed by atoms with van der Waals surface area (Å²) in [6, 6.07) is 42.2. The van der Waals surface area contributed by atoms with Crippen LogP contribution in [0.3, 0.4) is 0 Å². The summed E-state index contributed by atoms with van der Waals surface area (Å²) in [5, 5.41) is 0. The summed E-state index contributed by atoms with van der Waals surface area (Å²) >= 11 is 0. The topological polar surface area (TPSA) is 0 Å². The summed E-state index contributed by atoms with van der Waals surface area (Å²) in [7, 11) is 0. The van der Waals surface area contributed by atoms with E-state index in [2.05, 4.69) is 191 Å². The molecule has 0 unspecified atom stereocenters. The van der Waals surface area contributed by atoms with Crippen LogP contribution in [0.4, 0.5) is 0 Å². The number of hydrogen-bond donors (Lipinski definition) is 0. The van der Waals surface area contributed by atoms with E-state index in [0.29, 0.717) is 0 Å². The first-order valence-corrected chi connectivity index (χ1v) is 14.1. The van der Waals surface area contributed by atoms with Crippen molar-refractivity contribution in [3.63, 3.8) is 0 Å². The summed E-state index contributed by atoms with van der Waals surface area (Å²) in [6.45, 7) is 21.0. The molecule has 40 heavy (non-hydrogen) atoms. The van der Waals surface area contributed by atoms with E-state index in [4.69, 9.17) is 0 Å². The highest BCUT2D eigenvalue weighted by atomic mass is 13.9. The van der Waals surface area contributed by atoms with Crippen molar-refractivity contribution in [2.75, 3.05) is 0 Å². The molecule has 0 fully saturated rings. The normalized spacial score (nSPS) is 9.25. The molecule has 0 atom stereocenters. The van der Waals surface area contributed by atoms with Gasteiger partial charge in [-0.05, 0) is 69.2 Å². The average molecular weight is 531 g/mol. The van der Waals surface area contributed by atoms with Gasteiger partial charge in [0.2, 0.25) is 0 Å². The third-order valence-electron chi connectivity index (χ3n) is 5.87. The fourth-order valence-corrected chi connectivity index (χ4v) is 4.04. The van der Waals surface area contributed by atoms with E-state index in [1.54, 1.807) is 0 Å². The van der Waals surface area contributed by atoms with Gasteiger partial charge in [-0.25, -0.2) is 0 Å². The molecule has 0 bridgehead atoms. The van der Waals surface area contributed by atoms with E-state index in [-0.39, 0.29) is 0 Å². The Bertz CT molecular complexity index is 1050. The molecule has 0 aromatic heterocycles. The van der Waals surface area contributed by atoms with Gasteiger partial charge in [-0.2, -0.15) is 0 Å². The van der Waals surface area contributed by atoms with Gasteiger partial charge in [-0.1, -0.05) is 177 Å². The summed E-state index contributed by atoms with van der Waals surface area (Å²) in [4.78, 5) is 0. The van der Waals surface area contributed by atoms with Crippen LogP contribution in [-0.4, -0.2) is 0 Å². The van der Waals surface area contributed by atoms with Crippen LogP contribution in [0.2, 0.25) is 0 Å². The molecule has 0 aliphatic carbocycles. The van der Waals surface area contributed by atoms with Crippen LogP contribution in [0.1, 0.15) is 55.6 Å². The second kappa shape index (κ2) is 19.2. The maximum atomic E-state index is 2.17. The molecule has 5 rings (SSSR count). The Labute approximate surface area is 245 Å². The monoisotopic (exact) mass is 530 g/mol. The second-order valence-corrected chi connectivity index (χ2v) is 10.8. The largest absolute Gasteiger partial charge is 0.0617 e. The molecule has 5 aromatic carbocycles. The SMILES string of the molecule is Cc1cccc(C)c1.Cc1cccc(C)c1.Cc1cccc(C)c1.Cc1cccc(C)c1.Cc1cccc(C)c1. The number of rotatable bonds is 0. The van der Waals surface area contributed by atoms with Crippen molar-refractivity contribution in [2.24, 2.45) is 0 Å².